The summed E-state index contributed by atoms with van der Waals surface area (Å²) in [5.41, 5.74) is 3.41. The van der Waals surface area contributed by atoms with Crippen LogP contribution < -0.4 is 11.1 Å². The van der Waals surface area contributed by atoms with Gasteiger partial charge in [0.05, 0.1) is 11.6 Å². The van der Waals surface area contributed by atoms with Gasteiger partial charge in [0, 0.05) is 46.3 Å². The smallest absolute Gasteiger partial charge is 0.255 e. The zero-order valence-electron chi connectivity index (χ0n) is 24.1. The Balaban J connectivity index is 1.32. The third-order valence-electron chi connectivity index (χ3n) is 9.29. The summed E-state index contributed by atoms with van der Waals surface area (Å²) in [5, 5.41) is 49.0. The number of aromatic hydroxyl groups is 1. The quantitative estimate of drug-likeness (QED) is 0.156. The fourth-order valence-electron chi connectivity index (χ4n) is 7.26. The van der Waals surface area contributed by atoms with Gasteiger partial charge in [0.25, 0.3) is 5.91 Å². The molecule has 3 aromatic rings. The molecule has 44 heavy (non-hydrogen) atoms. The number of nitrogens with zero attached hydrogens (tertiary/aromatic N) is 1. The number of nitrogens with one attached hydrogen (secondary N) is 2. The van der Waals surface area contributed by atoms with Crippen molar-refractivity contribution < 1.29 is 39.2 Å². The van der Waals surface area contributed by atoms with Crippen LogP contribution in [-0.2, 0) is 33.8 Å². The number of ketones is 2. The summed E-state index contributed by atoms with van der Waals surface area (Å²) in [6.07, 6.45) is 2.38. The molecule has 1 amide bonds. The van der Waals surface area contributed by atoms with Crippen LogP contribution in [0.3, 0.4) is 0 Å². The van der Waals surface area contributed by atoms with Crippen LogP contribution in [0.25, 0.3) is 16.7 Å². The van der Waals surface area contributed by atoms with E-state index in [1.165, 1.54) is 25.1 Å². The molecular weight excluding hydrogens is 571 g/mol. The van der Waals surface area contributed by atoms with E-state index in [9.17, 15) is 34.8 Å². The molecule has 3 aliphatic carbocycles. The van der Waals surface area contributed by atoms with Crippen LogP contribution in [-0.4, -0.2) is 80.1 Å². The number of Topliss-reactive ketones (excluding diaryl/α,β-unsaturated/α-hetero) is 2. The highest BCUT2D eigenvalue weighted by Crippen LogP contribution is 2.53. The van der Waals surface area contributed by atoms with Crippen molar-refractivity contribution in [3.05, 3.63) is 81.5 Å². The van der Waals surface area contributed by atoms with E-state index in [0.29, 0.717) is 13.0 Å². The van der Waals surface area contributed by atoms with E-state index in [-0.39, 0.29) is 41.6 Å². The molecule has 12 heteroatoms. The minimum Gasteiger partial charge on any atom is -0.508 e. The second-order valence-corrected chi connectivity index (χ2v) is 12.0. The molecule has 0 unspecified atom stereocenters. The Morgan fingerprint density at radius 2 is 1.91 bits per heavy atom. The van der Waals surface area contributed by atoms with Crippen LogP contribution in [0.5, 0.6) is 5.75 Å². The zero-order valence-corrected chi connectivity index (χ0v) is 24.1. The van der Waals surface area contributed by atoms with Crippen LogP contribution in [0, 0.1) is 17.7 Å². The molecule has 230 valence electrons. The number of amides is 1. The molecule has 2 aromatic carbocycles. The van der Waals surface area contributed by atoms with Crippen molar-refractivity contribution in [2.45, 2.75) is 37.5 Å². The molecule has 0 spiro atoms. The van der Waals surface area contributed by atoms with Crippen LogP contribution >= 0.6 is 0 Å². The van der Waals surface area contributed by atoms with E-state index in [1.807, 2.05) is 30.5 Å². The number of nitrogens with two attached hydrogens (primary N) is 1. The largest absolute Gasteiger partial charge is 0.508 e. The number of fused-ring (bicyclic) bond motifs is 4. The molecule has 0 aliphatic heterocycles. The Bertz CT molecular complexity index is 1810. The number of aliphatic hydroxyl groups is 3. The number of halogens is 1. The number of carbonyl (C=O) groups excluding carboxylic acids is 3. The van der Waals surface area contributed by atoms with Gasteiger partial charge >= 0.3 is 0 Å². The summed E-state index contributed by atoms with van der Waals surface area (Å²) in [7, 11) is 3.03. The minimum atomic E-state index is -2.74. The maximum absolute atomic E-state index is 16.0. The number of hydrogen-bond donors (Lipinski definition) is 7. The molecule has 11 nitrogen and oxygen atoms in total. The van der Waals surface area contributed by atoms with Gasteiger partial charge < -0.3 is 36.5 Å². The average Bonchev–Trinajstić information content (AvgIpc) is 3.38. The SMILES string of the molecule is CN(C)[C@@H]1C(=O)C(C(N)=O)=C(O)[C@@]2(O)C(=O)C3=C(O)c4c(O)cc(CNCCc5c[nH]c6ccccc56)c(F)c4C[C@H]3C[C@@H]12. The normalized spacial score (nSPS) is 25.0. The lowest BCUT2D eigenvalue weighted by molar-refractivity contribution is -0.153. The first-order valence-corrected chi connectivity index (χ1v) is 14.3. The van der Waals surface area contributed by atoms with E-state index in [4.69, 9.17) is 5.73 Å². The van der Waals surface area contributed by atoms with Crippen LogP contribution in [0.1, 0.15) is 28.7 Å². The first kappa shape index (κ1) is 29.5. The molecule has 1 aromatic heterocycles. The molecule has 0 bridgehead atoms. The molecular formula is C32H33FN4O7. The fraction of sp³-hybridized carbons (Fsp3) is 0.344. The highest BCUT2D eigenvalue weighted by molar-refractivity contribution is 6.24. The Morgan fingerprint density at radius 3 is 2.61 bits per heavy atom. The lowest BCUT2D eigenvalue weighted by atomic mass is 9.57. The first-order chi connectivity index (χ1) is 20.9. The van der Waals surface area contributed by atoms with Crippen molar-refractivity contribution in [1.29, 1.82) is 0 Å². The van der Waals surface area contributed by atoms with E-state index in [1.54, 1.807) is 0 Å². The Kier molecular flexibility index (Phi) is 7.10. The van der Waals surface area contributed by atoms with Gasteiger partial charge in [-0.15, -0.1) is 0 Å². The number of rotatable bonds is 7. The third kappa shape index (κ3) is 4.24. The van der Waals surface area contributed by atoms with Crippen molar-refractivity contribution in [1.82, 2.24) is 15.2 Å². The number of aromatic nitrogens is 1. The van der Waals surface area contributed by atoms with Gasteiger partial charge in [0.1, 0.15) is 28.7 Å². The van der Waals surface area contributed by atoms with Gasteiger partial charge in [-0.3, -0.25) is 19.3 Å². The summed E-state index contributed by atoms with van der Waals surface area (Å²) in [6.45, 7) is 0.611. The van der Waals surface area contributed by atoms with Crippen LogP contribution in [0.15, 0.2) is 53.4 Å². The number of carbonyl (C=O) groups is 3. The number of hydrogen-bond acceptors (Lipinski definition) is 9. The highest BCUT2D eigenvalue weighted by Gasteiger charge is 2.64. The number of para-hydroxylation sites is 1. The van der Waals surface area contributed by atoms with E-state index in [2.05, 4.69) is 10.3 Å². The lowest BCUT2D eigenvalue weighted by Gasteiger charge is -2.50. The molecule has 8 N–H and O–H groups in total. The maximum atomic E-state index is 16.0. The van der Waals surface area contributed by atoms with Crippen molar-refractivity contribution in [2.75, 3.05) is 20.6 Å². The van der Waals surface area contributed by atoms with Crippen molar-refractivity contribution in [2.24, 2.45) is 17.6 Å². The Labute approximate surface area is 251 Å². The first-order valence-electron chi connectivity index (χ1n) is 14.3. The number of aromatic amines is 1. The predicted molar refractivity (Wildman–Crippen MR) is 158 cm³/mol. The summed E-state index contributed by atoms with van der Waals surface area (Å²) in [5.74, 6) is -8.38. The van der Waals surface area contributed by atoms with Gasteiger partial charge in [-0.05, 0) is 63.5 Å². The predicted octanol–water partition coefficient (Wildman–Crippen LogP) is 1.92. The summed E-state index contributed by atoms with van der Waals surface area (Å²) >= 11 is 0. The van der Waals surface area contributed by atoms with Gasteiger partial charge in [0.15, 0.2) is 11.4 Å². The Morgan fingerprint density at radius 1 is 1.18 bits per heavy atom. The summed E-state index contributed by atoms with van der Waals surface area (Å²) in [4.78, 5) is 43.8. The number of aliphatic hydroxyl groups excluding tert-OH is 2. The summed E-state index contributed by atoms with van der Waals surface area (Å²) < 4.78 is 16.0. The highest BCUT2D eigenvalue weighted by atomic mass is 19.1. The molecule has 1 fully saturated rings. The van der Waals surface area contributed by atoms with Gasteiger partial charge in [0.2, 0.25) is 5.78 Å². The molecule has 6 rings (SSSR count). The van der Waals surface area contributed by atoms with Crippen molar-refractivity contribution >= 4 is 34.1 Å². The molecule has 1 heterocycles. The van der Waals surface area contributed by atoms with Crippen LogP contribution in [0.4, 0.5) is 4.39 Å². The number of H-pyrrole nitrogens is 1. The number of likely N-dealkylation sites (N-methyl/N-ethyl adjacent to an activating group) is 1. The van der Waals surface area contributed by atoms with E-state index in [0.717, 1.165) is 16.5 Å². The topological polar surface area (TPSA) is 189 Å². The van der Waals surface area contributed by atoms with E-state index < -0.39 is 69.6 Å². The second kappa shape index (κ2) is 10.6. The Hall–Kier alpha value is -4.52. The van der Waals surface area contributed by atoms with Gasteiger partial charge in [-0.1, -0.05) is 18.2 Å². The maximum Gasteiger partial charge on any atom is 0.255 e. The number of benzene rings is 2. The monoisotopic (exact) mass is 604 g/mol. The van der Waals surface area contributed by atoms with Gasteiger partial charge in [-0.25, -0.2) is 4.39 Å². The molecule has 0 radical (unpaired) electrons. The van der Waals surface area contributed by atoms with Crippen LogP contribution in [0.2, 0.25) is 0 Å². The summed E-state index contributed by atoms with van der Waals surface area (Å²) in [6, 6.07) is 7.88. The standard InChI is InChI=1S/C32H33FN4O7/c1-37(2)26-19-10-15-9-18-23(27(39)22(15)29(41)32(19,44)30(42)24(28(26)40)31(34)43)21(38)11-16(25(18)33)12-35-8-7-14-13-36-20-6-4-3-5-17(14)20/h3-6,11,13,15,19,26,35-36,38-39,42,44H,7-10,12H2,1-2H3,(H2,34,43)/t15-,19-,26-,32-/m0/s1. The second-order valence-electron chi connectivity index (χ2n) is 12.0. The number of phenols is 1. The van der Waals surface area contributed by atoms with E-state index >= 15 is 4.39 Å². The van der Waals surface area contributed by atoms with Gasteiger partial charge in [-0.2, -0.15) is 0 Å². The van der Waals surface area contributed by atoms with Crippen molar-refractivity contribution in [3.8, 4) is 5.75 Å². The average molecular weight is 605 g/mol. The fourth-order valence-corrected chi connectivity index (χ4v) is 7.26. The lowest BCUT2D eigenvalue weighted by Crippen LogP contribution is -2.65. The van der Waals surface area contributed by atoms with Crippen molar-refractivity contribution in [3.63, 3.8) is 0 Å². The minimum absolute atomic E-state index is 0.00375. The number of primary amides is 1. The molecule has 1 saturated carbocycles. The molecule has 0 saturated heterocycles. The number of phenolic OH excluding ortho intramolecular Hbond substituents is 1. The molecule has 3 aliphatic rings. The zero-order chi connectivity index (χ0) is 31.7. The third-order valence-corrected chi connectivity index (χ3v) is 9.29. The molecule has 4 atom stereocenters.